The Bertz CT molecular complexity index is 648. The third kappa shape index (κ3) is 3.52. The molecule has 2 aromatic rings. The van der Waals surface area contributed by atoms with Crippen molar-refractivity contribution in [2.24, 2.45) is 5.41 Å². The first-order valence-corrected chi connectivity index (χ1v) is 7.27. The van der Waals surface area contributed by atoms with Gasteiger partial charge in [0.1, 0.15) is 0 Å². The molecule has 0 aliphatic carbocycles. The van der Waals surface area contributed by atoms with Gasteiger partial charge in [-0.2, -0.15) is 0 Å². The van der Waals surface area contributed by atoms with Gasteiger partial charge in [-0.05, 0) is 25.0 Å². The van der Waals surface area contributed by atoms with E-state index in [0.29, 0.717) is 0 Å². The van der Waals surface area contributed by atoms with E-state index in [9.17, 15) is 4.79 Å². The lowest BCUT2D eigenvalue weighted by molar-refractivity contribution is -0.123. The average molecular weight is 281 g/mol. The highest BCUT2D eigenvalue weighted by Crippen LogP contribution is 2.32. The number of anilines is 1. The van der Waals surface area contributed by atoms with E-state index in [1.807, 2.05) is 39.8 Å². The normalized spacial score (nSPS) is 11.3. The molecular formula is C19H23NO. The van der Waals surface area contributed by atoms with E-state index in [1.54, 1.807) is 0 Å². The topological polar surface area (TPSA) is 29.1 Å². The van der Waals surface area contributed by atoms with Crippen molar-refractivity contribution in [2.45, 2.75) is 34.6 Å². The number of carbonyl (C=O) groups is 1. The van der Waals surface area contributed by atoms with Gasteiger partial charge in [0.25, 0.3) is 0 Å². The summed E-state index contributed by atoms with van der Waals surface area (Å²) < 4.78 is 0. The minimum Gasteiger partial charge on any atom is -0.325 e. The largest absolute Gasteiger partial charge is 0.325 e. The molecule has 2 rings (SSSR count). The minimum absolute atomic E-state index is 0.0326. The zero-order valence-corrected chi connectivity index (χ0v) is 13.4. The van der Waals surface area contributed by atoms with Crippen LogP contribution < -0.4 is 5.32 Å². The predicted molar refractivity (Wildman–Crippen MR) is 89.4 cm³/mol. The van der Waals surface area contributed by atoms with Crippen LogP contribution in [0.25, 0.3) is 11.1 Å². The van der Waals surface area contributed by atoms with Crippen molar-refractivity contribution < 1.29 is 4.79 Å². The third-order valence-electron chi connectivity index (χ3n) is 3.56. The van der Waals surface area contributed by atoms with Gasteiger partial charge < -0.3 is 5.32 Å². The first kappa shape index (κ1) is 15.3. The number of benzene rings is 2. The van der Waals surface area contributed by atoms with Gasteiger partial charge in [0.2, 0.25) is 5.91 Å². The number of rotatable bonds is 2. The first-order valence-electron chi connectivity index (χ1n) is 7.27. The lowest BCUT2D eigenvalue weighted by Gasteiger charge is -2.21. The molecule has 21 heavy (non-hydrogen) atoms. The lowest BCUT2D eigenvalue weighted by atomic mass is 9.94. The van der Waals surface area contributed by atoms with Gasteiger partial charge in [0.05, 0.1) is 5.69 Å². The molecule has 0 saturated heterocycles. The van der Waals surface area contributed by atoms with Crippen LogP contribution in [0, 0.1) is 19.3 Å². The molecular weight excluding hydrogens is 258 g/mol. The minimum atomic E-state index is -0.410. The van der Waals surface area contributed by atoms with Crippen LogP contribution in [0.3, 0.4) is 0 Å². The smallest absolute Gasteiger partial charge is 0.229 e. The summed E-state index contributed by atoms with van der Waals surface area (Å²) in [4.78, 5) is 12.3. The summed E-state index contributed by atoms with van der Waals surface area (Å²) in [7, 11) is 0. The lowest BCUT2D eigenvalue weighted by Crippen LogP contribution is -2.28. The molecule has 0 radical (unpaired) electrons. The van der Waals surface area contributed by atoms with Crippen molar-refractivity contribution in [1.82, 2.24) is 0 Å². The average Bonchev–Trinajstić information content (AvgIpc) is 2.41. The monoisotopic (exact) mass is 281 g/mol. The van der Waals surface area contributed by atoms with Crippen LogP contribution in [-0.4, -0.2) is 5.91 Å². The van der Waals surface area contributed by atoms with Gasteiger partial charge in [-0.15, -0.1) is 0 Å². The molecule has 1 amide bonds. The van der Waals surface area contributed by atoms with Crippen LogP contribution in [0.4, 0.5) is 5.69 Å². The molecule has 2 nitrogen and oxygen atoms in total. The summed E-state index contributed by atoms with van der Waals surface area (Å²) in [5.41, 5.74) is 4.98. The molecule has 0 atom stereocenters. The van der Waals surface area contributed by atoms with Gasteiger partial charge in [0, 0.05) is 11.0 Å². The second-order valence-corrected chi connectivity index (χ2v) is 6.57. The predicted octanol–water partition coefficient (Wildman–Crippen LogP) is 4.96. The van der Waals surface area contributed by atoms with E-state index in [2.05, 4.69) is 42.6 Å². The Labute approximate surface area is 127 Å². The van der Waals surface area contributed by atoms with Crippen molar-refractivity contribution in [1.29, 1.82) is 0 Å². The molecule has 0 aliphatic heterocycles. The molecule has 2 heteroatoms. The molecule has 0 bridgehead atoms. The summed E-state index contributed by atoms with van der Waals surface area (Å²) in [5.74, 6) is 0.0326. The summed E-state index contributed by atoms with van der Waals surface area (Å²) in [6.07, 6.45) is 0. The maximum absolute atomic E-state index is 12.3. The third-order valence-corrected chi connectivity index (χ3v) is 3.56. The molecule has 0 spiro atoms. The second-order valence-electron chi connectivity index (χ2n) is 6.57. The maximum Gasteiger partial charge on any atom is 0.229 e. The number of para-hydroxylation sites is 1. The zero-order valence-electron chi connectivity index (χ0n) is 13.4. The second kappa shape index (κ2) is 5.72. The number of nitrogens with one attached hydrogen (secondary N) is 1. The number of hydrogen-bond donors (Lipinski definition) is 1. The molecule has 2 aromatic carbocycles. The molecule has 0 unspecified atom stereocenters. The first-order chi connectivity index (χ1) is 9.79. The van der Waals surface area contributed by atoms with E-state index in [1.165, 1.54) is 5.56 Å². The van der Waals surface area contributed by atoms with Crippen LogP contribution in [0.1, 0.15) is 31.9 Å². The number of carbonyl (C=O) groups excluding carboxylic acids is 1. The molecule has 0 aromatic heterocycles. The number of hydrogen-bond acceptors (Lipinski definition) is 1. The quantitative estimate of drug-likeness (QED) is 0.828. The van der Waals surface area contributed by atoms with Crippen molar-refractivity contribution >= 4 is 11.6 Å². The van der Waals surface area contributed by atoms with E-state index in [4.69, 9.17) is 0 Å². The van der Waals surface area contributed by atoms with Crippen LogP contribution >= 0.6 is 0 Å². The summed E-state index contributed by atoms with van der Waals surface area (Å²) in [5, 5.41) is 3.09. The zero-order chi connectivity index (χ0) is 15.6. The standard InChI is InChI=1S/C19H23NO/c1-13-9-11-15(12-10-13)16-8-6-7-14(2)17(16)20-18(21)19(3,4)5/h6-12H,1-5H3,(H,20,21). The van der Waals surface area contributed by atoms with E-state index < -0.39 is 5.41 Å². The Hall–Kier alpha value is -2.09. The summed E-state index contributed by atoms with van der Waals surface area (Å²) in [6, 6.07) is 14.5. The highest BCUT2D eigenvalue weighted by atomic mass is 16.2. The fourth-order valence-corrected chi connectivity index (χ4v) is 2.11. The molecule has 1 N–H and O–H groups in total. The fraction of sp³-hybridized carbons (Fsp3) is 0.316. The van der Waals surface area contributed by atoms with E-state index >= 15 is 0 Å². The van der Waals surface area contributed by atoms with Gasteiger partial charge in [-0.3, -0.25) is 4.79 Å². The Morgan fingerprint density at radius 2 is 1.57 bits per heavy atom. The van der Waals surface area contributed by atoms with Crippen molar-refractivity contribution in [3.05, 3.63) is 53.6 Å². The summed E-state index contributed by atoms with van der Waals surface area (Å²) in [6.45, 7) is 9.86. The van der Waals surface area contributed by atoms with Crippen LogP contribution in [-0.2, 0) is 4.79 Å². The van der Waals surface area contributed by atoms with Crippen LogP contribution in [0.15, 0.2) is 42.5 Å². The Morgan fingerprint density at radius 1 is 0.952 bits per heavy atom. The van der Waals surface area contributed by atoms with Crippen molar-refractivity contribution in [2.75, 3.05) is 5.32 Å². The SMILES string of the molecule is Cc1ccc(-c2cccc(C)c2NC(=O)C(C)(C)C)cc1. The van der Waals surface area contributed by atoms with Crippen LogP contribution in [0.2, 0.25) is 0 Å². The number of amides is 1. The highest BCUT2D eigenvalue weighted by Gasteiger charge is 2.22. The van der Waals surface area contributed by atoms with E-state index in [-0.39, 0.29) is 5.91 Å². The fourth-order valence-electron chi connectivity index (χ4n) is 2.11. The van der Waals surface area contributed by atoms with Gasteiger partial charge in [-0.25, -0.2) is 0 Å². The Balaban J connectivity index is 2.46. The Kier molecular flexibility index (Phi) is 4.17. The molecule has 0 heterocycles. The van der Waals surface area contributed by atoms with Crippen LogP contribution in [0.5, 0.6) is 0 Å². The number of aryl methyl sites for hydroxylation is 2. The molecule has 0 saturated carbocycles. The van der Waals surface area contributed by atoms with Crippen molar-refractivity contribution in [3.63, 3.8) is 0 Å². The van der Waals surface area contributed by atoms with E-state index in [0.717, 1.165) is 22.4 Å². The van der Waals surface area contributed by atoms with Crippen molar-refractivity contribution in [3.8, 4) is 11.1 Å². The molecule has 110 valence electrons. The highest BCUT2D eigenvalue weighted by molar-refractivity contribution is 5.99. The molecule has 0 fully saturated rings. The summed E-state index contributed by atoms with van der Waals surface area (Å²) >= 11 is 0. The van der Waals surface area contributed by atoms with Gasteiger partial charge >= 0.3 is 0 Å². The van der Waals surface area contributed by atoms with Gasteiger partial charge in [0.15, 0.2) is 0 Å². The molecule has 0 aliphatic rings. The Morgan fingerprint density at radius 3 is 2.14 bits per heavy atom. The maximum atomic E-state index is 12.3. The van der Waals surface area contributed by atoms with Gasteiger partial charge in [-0.1, -0.05) is 68.8 Å².